The Balaban J connectivity index is 1.93. The molecule has 0 spiro atoms. The number of rotatable bonds is 4. The lowest BCUT2D eigenvalue weighted by molar-refractivity contribution is 0.161. The Morgan fingerprint density at radius 3 is 3.26 bits per heavy atom. The number of nitrogens with zero attached hydrogens (tertiary/aromatic N) is 3. The van der Waals surface area contributed by atoms with Crippen LogP contribution in [0.2, 0.25) is 0 Å². The van der Waals surface area contributed by atoms with Crippen molar-refractivity contribution in [3.63, 3.8) is 0 Å². The molecule has 3 heterocycles. The fourth-order valence-corrected chi connectivity index (χ4v) is 3.30. The number of nitrogen functional groups attached to an aromatic ring is 1. The smallest absolute Gasteiger partial charge is 0.240 e. The Labute approximate surface area is 115 Å². The van der Waals surface area contributed by atoms with Gasteiger partial charge >= 0.3 is 0 Å². The molecule has 1 aliphatic heterocycles. The highest BCUT2D eigenvalue weighted by atomic mass is 32.1. The van der Waals surface area contributed by atoms with Gasteiger partial charge < -0.3 is 9.64 Å². The molecule has 1 aliphatic rings. The molecular formula is C12H17N5OS. The highest BCUT2D eigenvalue weighted by molar-refractivity contribution is 7.16. The standard InChI is InChI=1S/C12H17N5OS/c1-18-7-8-2-4-17(6-8)10-9-3-5-19-11(9)15-12(14-10)16-13/h3,5,8H,2,4,6-7,13H2,1H3,(H,14,15,16). The number of fused-ring (bicyclic) bond motifs is 1. The molecule has 0 saturated carbocycles. The van der Waals surface area contributed by atoms with Crippen LogP contribution in [0.25, 0.3) is 10.2 Å². The number of nitrogens with one attached hydrogen (secondary N) is 1. The molecule has 1 saturated heterocycles. The highest BCUT2D eigenvalue weighted by Crippen LogP contribution is 2.32. The van der Waals surface area contributed by atoms with Gasteiger partial charge in [-0.05, 0) is 17.9 Å². The fourth-order valence-electron chi connectivity index (χ4n) is 2.54. The molecule has 3 N–H and O–H groups in total. The summed E-state index contributed by atoms with van der Waals surface area (Å²) in [6, 6.07) is 2.07. The van der Waals surface area contributed by atoms with Gasteiger partial charge in [-0.15, -0.1) is 11.3 Å². The zero-order valence-electron chi connectivity index (χ0n) is 10.8. The van der Waals surface area contributed by atoms with E-state index in [1.807, 2.05) is 5.38 Å². The van der Waals surface area contributed by atoms with Crippen molar-refractivity contribution >= 4 is 33.3 Å². The number of nitrogens with two attached hydrogens (primary N) is 1. The van der Waals surface area contributed by atoms with Crippen molar-refractivity contribution in [2.45, 2.75) is 6.42 Å². The first kappa shape index (κ1) is 12.6. The van der Waals surface area contributed by atoms with Crippen LogP contribution in [0, 0.1) is 5.92 Å². The van der Waals surface area contributed by atoms with E-state index in [0.29, 0.717) is 11.9 Å². The Hall–Kier alpha value is -1.44. The zero-order valence-corrected chi connectivity index (χ0v) is 11.6. The second-order valence-electron chi connectivity index (χ2n) is 4.71. The fraction of sp³-hybridized carbons (Fsp3) is 0.500. The van der Waals surface area contributed by atoms with Gasteiger partial charge in [0.05, 0.1) is 12.0 Å². The van der Waals surface area contributed by atoms with E-state index >= 15 is 0 Å². The third-order valence-corrected chi connectivity index (χ3v) is 4.23. The molecule has 19 heavy (non-hydrogen) atoms. The Morgan fingerprint density at radius 1 is 1.58 bits per heavy atom. The summed E-state index contributed by atoms with van der Waals surface area (Å²) in [4.78, 5) is 12.1. The minimum atomic E-state index is 0.472. The van der Waals surface area contributed by atoms with Crippen molar-refractivity contribution in [1.29, 1.82) is 0 Å². The topological polar surface area (TPSA) is 76.3 Å². The second-order valence-corrected chi connectivity index (χ2v) is 5.61. The Kier molecular flexibility index (Phi) is 3.50. The van der Waals surface area contributed by atoms with Crippen LogP contribution in [-0.2, 0) is 4.74 Å². The van der Waals surface area contributed by atoms with Crippen molar-refractivity contribution in [3.8, 4) is 0 Å². The SMILES string of the molecule is COCC1CCN(c2nc(NN)nc3sccc23)C1. The van der Waals surface area contributed by atoms with Crippen LogP contribution in [0.5, 0.6) is 0 Å². The van der Waals surface area contributed by atoms with Crippen LogP contribution in [-0.4, -0.2) is 36.8 Å². The Morgan fingerprint density at radius 2 is 2.47 bits per heavy atom. The third kappa shape index (κ3) is 2.36. The van der Waals surface area contributed by atoms with Gasteiger partial charge in [-0.1, -0.05) is 0 Å². The van der Waals surface area contributed by atoms with Crippen LogP contribution in [0.3, 0.4) is 0 Å². The summed E-state index contributed by atoms with van der Waals surface area (Å²) in [6.45, 7) is 2.77. The molecule has 102 valence electrons. The molecule has 0 aromatic carbocycles. The maximum atomic E-state index is 5.44. The van der Waals surface area contributed by atoms with Crippen LogP contribution in [0.1, 0.15) is 6.42 Å². The monoisotopic (exact) mass is 279 g/mol. The number of aromatic nitrogens is 2. The maximum Gasteiger partial charge on any atom is 0.240 e. The predicted molar refractivity (Wildman–Crippen MR) is 77.4 cm³/mol. The van der Waals surface area contributed by atoms with Crippen molar-refractivity contribution in [3.05, 3.63) is 11.4 Å². The molecule has 7 heteroatoms. The number of methoxy groups -OCH3 is 1. The average molecular weight is 279 g/mol. The van der Waals surface area contributed by atoms with E-state index in [1.54, 1.807) is 18.4 Å². The summed E-state index contributed by atoms with van der Waals surface area (Å²) in [7, 11) is 1.75. The largest absolute Gasteiger partial charge is 0.384 e. The molecule has 0 bridgehead atoms. The molecule has 0 aliphatic carbocycles. The number of hydrogen-bond donors (Lipinski definition) is 2. The highest BCUT2D eigenvalue weighted by Gasteiger charge is 2.25. The van der Waals surface area contributed by atoms with Gasteiger partial charge in [0.15, 0.2) is 0 Å². The summed E-state index contributed by atoms with van der Waals surface area (Å²) in [5.41, 5.74) is 2.54. The predicted octanol–water partition coefficient (Wildman–Crippen LogP) is 1.45. The molecule has 2 aromatic heterocycles. The van der Waals surface area contributed by atoms with Crippen molar-refractivity contribution in [1.82, 2.24) is 9.97 Å². The second kappa shape index (κ2) is 5.28. The van der Waals surface area contributed by atoms with E-state index in [9.17, 15) is 0 Å². The summed E-state index contributed by atoms with van der Waals surface area (Å²) in [5, 5.41) is 3.13. The van der Waals surface area contributed by atoms with Crippen LogP contribution in [0.4, 0.5) is 11.8 Å². The Bertz CT molecular complexity index is 572. The third-order valence-electron chi connectivity index (χ3n) is 3.42. The first-order chi connectivity index (χ1) is 9.31. The van der Waals surface area contributed by atoms with Crippen molar-refractivity contribution < 1.29 is 4.74 Å². The molecular weight excluding hydrogens is 262 g/mol. The molecule has 1 unspecified atom stereocenters. The minimum Gasteiger partial charge on any atom is -0.384 e. The van der Waals surface area contributed by atoms with Gasteiger partial charge in [0.2, 0.25) is 5.95 Å². The van der Waals surface area contributed by atoms with E-state index in [1.165, 1.54) is 0 Å². The lowest BCUT2D eigenvalue weighted by atomic mass is 10.1. The maximum absolute atomic E-state index is 5.44. The lowest BCUT2D eigenvalue weighted by Gasteiger charge is -2.18. The summed E-state index contributed by atoms with van der Waals surface area (Å²) in [6.07, 6.45) is 1.13. The van der Waals surface area contributed by atoms with E-state index in [-0.39, 0.29) is 0 Å². The van der Waals surface area contributed by atoms with Gasteiger partial charge in [-0.25, -0.2) is 10.8 Å². The van der Waals surface area contributed by atoms with Gasteiger partial charge in [0.25, 0.3) is 0 Å². The summed E-state index contributed by atoms with van der Waals surface area (Å²) < 4.78 is 5.24. The molecule has 1 fully saturated rings. The van der Waals surface area contributed by atoms with Crippen molar-refractivity contribution in [2.24, 2.45) is 11.8 Å². The number of hydrogen-bond acceptors (Lipinski definition) is 7. The number of anilines is 2. The van der Waals surface area contributed by atoms with E-state index in [2.05, 4.69) is 26.4 Å². The van der Waals surface area contributed by atoms with Crippen LogP contribution < -0.4 is 16.2 Å². The van der Waals surface area contributed by atoms with E-state index < -0.39 is 0 Å². The lowest BCUT2D eigenvalue weighted by Crippen LogP contribution is -2.23. The first-order valence-corrected chi connectivity index (χ1v) is 7.15. The van der Waals surface area contributed by atoms with Crippen molar-refractivity contribution in [2.75, 3.05) is 37.1 Å². The molecule has 3 rings (SSSR count). The molecule has 2 aromatic rings. The number of thiophene rings is 1. The van der Waals surface area contributed by atoms with Gasteiger partial charge in [0, 0.05) is 26.1 Å². The molecule has 0 amide bonds. The van der Waals surface area contributed by atoms with E-state index in [4.69, 9.17) is 10.6 Å². The molecule has 6 nitrogen and oxygen atoms in total. The van der Waals surface area contributed by atoms with Gasteiger partial charge in [-0.2, -0.15) is 4.98 Å². The van der Waals surface area contributed by atoms with Crippen LogP contribution >= 0.6 is 11.3 Å². The number of hydrazine groups is 1. The summed E-state index contributed by atoms with van der Waals surface area (Å²) in [5.74, 6) is 7.46. The summed E-state index contributed by atoms with van der Waals surface area (Å²) >= 11 is 1.60. The molecule has 0 radical (unpaired) electrons. The number of ether oxygens (including phenoxy) is 1. The van der Waals surface area contributed by atoms with Gasteiger partial charge in [0.1, 0.15) is 10.6 Å². The minimum absolute atomic E-state index is 0.472. The first-order valence-electron chi connectivity index (χ1n) is 6.27. The average Bonchev–Trinajstić information content (AvgIpc) is 3.06. The normalized spacial score (nSPS) is 19.3. The van der Waals surface area contributed by atoms with E-state index in [0.717, 1.165) is 42.2 Å². The van der Waals surface area contributed by atoms with Crippen LogP contribution in [0.15, 0.2) is 11.4 Å². The molecule has 1 atom stereocenters. The zero-order chi connectivity index (χ0) is 13.2. The quantitative estimate of drug-likeness (QED) is 0.651. The van der Waals surface area contributed by atoms with Gasteiger partial charge in [-0.3, -0.25) is 5.43 Å².